The molecule has 3 aliphatic rings. The fourth-order valence-corrected chi connectivity index (χ4v) is 6.28. The molecule has 0 aromatic heterocycles. The Labute approximate surface area is 203 Å². The third kappa shape index (κ3) is 5.42. The smallest absolute Gasteiger partial charge is 0.490 e. The van der Waals surface area contributed by atoms with Gasteiger partial charge in [0.2, 0.25) is 0 Å². The van der Waals surface area contributed by atoms with Gasteiger partial charge < -0.3 is 14.6 Å². The number of nitrogens with zero attached hydrogens (tertiary/aromatic N) is 1. The molecule has 3 fully saturated rings. The van der Waals surface area contributed by atoms with E-state index in [4.69, 9.17) is 19.4 Å². The molecule has 0 bridgehead atoms. The molecule has 2 heterocycles. The predicted molar refractivity (Wildman–Crippen MR) is 125 cm³/mol. The number of rotatable bonds is 4. The first-order valence-electron chi connectivity index (χ1n) is 12.1. The first-order valence-corrected chi connectivity index (χ1v) is 12.1. The van der Waals surface area contributed by atoms with E-state index in [-0.39, 0.29) is 0 Å². The van der Waals surface area contributed by atoms with Gasteiger partial charge in [0.1, 0.15) is 11.5 Å². The van der Waals surface area contributed by atoms with Crippen molar-refractivity contribution in [2.75, 3.05) is 14.2 Å². The van der Waals surface area contributed by atoms with Crippen LogP contribution in [0, 0.1) is 11.8 Å². The van der Waals surface area contributed by atoms with Crippen molar-refractivity contribution in [1.29, 1.82) is 0 Å². The van der Waals surface area contributed by atoms with Gasteiger partial charge in [-0.05, 0) is 85.8 Å². The Kier molecular flexibility index (Phi) is 7.59. The number of halogens is 3. The Morgan fingerprint density at radius 2 is 1.11 bits per heavy atom. The van der Waals surface area contributed by atoms with Crippen LogP contribution in [-0.4, -0.2) is 42.4 Å². The molecule has 5 rings (SSSR count). The highest BCUT2D eigenvalue weighted by Crippen LogP contribution is 2.55. The number of piperidine rings is 2. The van der Waals surface area contributed by atoms with Gasteiger partial charge in [-0.2, -0.15) is 13.2 Å². The maximum Gasteiger partial charge on any atom is 0.490 e. The highest BCUT2D eigenvalue weighted by Gasteiger charge is 2.50. The molecule has 1 aliphatic carbocycles. The van der Waals surface area contributed by atoms with Crippen LogP contribution >= 0.6 is 0 Å². The zero-order chi connectivity index (χ0) is 25.2. The highest BCUT2D eigenvalue weighted by molar-refractivity contribution is 5.73. The van der Waals surface area contributed by atoms with E-state index in [0.29, 0.717) is 12.1 Å². The molecule has 5 atom stereocenters. The highest BCUT2D eigenvalue weighted by atomic mass is 19.4. The molecule has 8 heteroatoms. The van der Waals surface area contributed by atoms with E-state index in [1.54, 1.807) is 14.2 Å². The minimum Gasteiger partial charge on any atom is -0.497 e. The number of carboxylic acid groups (broad SMARTS) is 1. The van der Waals surface area contributed by atoms with Crippen molar-refractivity contribution in [3.63, 3.8) is 0 Å². The third-order valence-electron chi connectivity index (χ3n) is 7.80. The van der Waals surface area contributed by atoms with E-state index < -0.39 is 12.1 Å². The maximum atomic E-state index is 10.6. The molecule has 1 saturated carbocycles. The summed E-state index contributed by atoms with van der Waals surface area (Å²) < 4.78 is 42.5. The number of aliphatic carboxylic acids is 1. The lowest BCUT2D eigenvalue weighted by Gasteiger charge is -2.53. The number of carbonyl (C=O) groups is 1. The number of benzene rings is 2. The summed E-state index contributed by atoms with van der Waals surface area (Å²) in [6, 6.07) is 19.4. The Morgan fingerprint density at radius 3 is 1.43 bits per heavy atom. The Morgan fingerprint density at radius 1 is 0.771 bits per heavy atom. The number of alkyl halides is 3. The van der Waals surface area contributed by atoms with Crippen LogP contribution in [0.1, 0.15) is 61.7 Å². The van der Waals surface area contributed by atoms with Crippen LogP contribution in [0.4, 0.5) is 13.2 Å². The lowest BCUT2D eigenvalue weighted by atomic mass is 9.75. The Bertz CT molecular complexity index is 925. The first-order chi connectivity index (χ1) is 16.7. The van der Waals surface area contributed by atoms with Crippen LogP contribution < -0.4 is 9.47 Å². The Balaban J connectivity index is 0.000000364. The second kappa shape index (κ2) is 10.5. The van der Waals surface area contributed by atoms with E-state index in [9.17, 15) is 13.2 Å². The summed E-state index contributed by atoms with van der Waals surface area (Å²) >= 11 is 0. The molecule has 35 heavy (non-hydrogen) atoms. The van der Waals surface area contributed by atoms with E-state index in [2.05, 4.69) is 53.4 Å². The molecule has 2 aromatic carbocycles. The van der Waals surface area contributed by atoms with Crippen molar-refractivity contribution in [3.05, 3.63) is 59.7 Å². The van der Waals surface area contributed by atoms with Crippen molar-refractivity contribution in [2.24, 2.45) is 11.8 Å². The minimum atomic E-state index is -5.08. The summed E-state index contributed by atoms with van der Waals surface area (Å²) in [5.41, 5.74) is 2.90. The standard InChI is InChI=1S/C25H31NO2.C2HF3O2/c1-27-21-11-5-17(6-12-21)23-15-9-19-3-4-20-10-16-24(26(23)25(19)20)18-7-13-22(28-2)14-8-18;3-2(4,5)1(6)7/h5-8,11-14,19-20,23-25H,3-4,9-10,15-16H2,1-2H3;(H,6,7)/t19-,20+,23-,24+,25?;. The second-order valence-corrected chi connectivity index (χ2v) is 9.57. The van der Waals surface area contributed by atoms with Gasteiger partial charge in [0.25, 0.3) is 0 Å². The quantitative estimate of drug-likeness (QED) is 0.536. The van der Waals surface area contributed by atoms with E-state index in [1.807, 2.05) is 0 Å². The normalized spacial score (nSPS) is 27.9. The molecular formula is C27H32F3NO4. The molecular weight excluding hydrogens is 459 g/mol. The predicted octanol–water partition coefficient (Wildman–Crippen LogP) is 6.40. The van der Waals surface area contributed by atoms with Crippen LogP contribution in [-0.2, 0) is 4.79 Å². The molecule has 2 saturated heterocycles. The topological polar surface area (TPSA) is 59.0 Å². The zero-order valence-electron chi connectivity index (χ0n) is 20.0. The lowest BCUT2D eigenvalue weighted by Crippen LogP contribution is -2.52. The van der Waals surface area contributed by atoms with Gasteiger partial charge in [-0.1, -0.05) is 24.3 Å². The molecule has 1 unspecified atom stereocenters. The molecule has 2 aliphatic heterocycles. The number of hydrogen-bond donors (Lipinski definition) is 1. The summed E-state index contributed by atoms with van der Waals surface area (Å²) in [5, 5.41) is 7.12. The molecule has 190 valence electrons. The van der Waals surface area contributed by atoms with Crippen LogP contribution in [0.3, 0.4) is 0 Å². The van der Waals surface area contributed by atoms with Crippen molar-refractivity contribution >= 4 is 5.97 Å². The van der Waals surface area contributed by atoms with Crippen molar-refractivity contribution in [2.45, 2.75) is 62.8 Å². The zero-order valence-corrected chi connectivity index (χ0v) is 20.0. The fourth-order valence-electron chi connectivity index (χ4n) is 6.28. The van der Waals surface area contributed by atoms with Crippen LogP contribution in [0.2, 0.25) is 0 Å². The molecule has 0 radical (unpaired) electrons. The maximum absolute atomic E-state index is 10.6. The average molecular weight is 492 g/mol. The molecule has 0 amide bonds. The van der Waals surface area contributed by atoms with Gasteiger partial charge in [0.05, 0.1) is 14.2 Å². The summed E-state index contributed by atoms with van der Waals surface area (Å²) in [4.78, 5) is 11.8. The minimum absolute atomic E-state index is 0.514. The number of carboxylic acids is 1. The van der Waals surface area contributed by atoms with Crippen molar-refractivity contribution in [3.8, 4) is 11.5 Å². The lowest BCUT2D eigenvalue weighted by molar-refractivity contribution is -0.192. The third-order valence-corrected chi connectivity index (χ3v) is 7.80. The summed E-state index contributed by atoms with van der Waals surface area (Å²) in [7, 11) is 3.49. The monoisotopic (exact) mass is 491 g/mol. The largest absolute Gasteiger partial charge is 0.497 e. The first kappa shape index (κ1) is 25.4. The van der Waals surface area contributed by atoms with Gasteiger partial charge in [-0.3, -0.25) is 4.90 Å². The van der Waals surface area contributed by atoms with Gasteiger partial charge in [-0.15, -0.1) is 0 Å². The van der Waals surface area contributed by atoms with Crippen LogP contribution in [0.5, 0.6) is 11.5 Å². The number of ether oxygens (including phenoxy) is 2. The van der Waals surface area contributed by atoms with Crippen molar-refractivity contribution < 1.29 is 32.5 Å². The summed E-state index contributed by atoms with van der Waals surface area (Å²) in [5.74, 6) is 0.914. The number of methoxy groups -OCH3 is 2. The molecule has 2 aromatic rings. The van der Waals surface area contributed by atoms with Crippen LogP contribution in [0.15, 0.2) is 48.5 Å². The van der Waals surface area contributed by atoms with Crippen molar-refractivity contribution in [1.82, 2.24) is 4.90 Å². The summed E-state index contributed by atoms with van der Waals surface area (Å²) in [6.07, 6.45) is 3.07. The van der Waals surface area contributed by atoms with Gasteiger partial charge in [0, 0.05) is 18.1 Å². The molecule has 1 N–H and O–H groups in total. The average Bonchev–Trinajstić information content (AvgIpc) is 3.29. The fraction of sp³-hybridized carbons (Fsp3) is 0.519. The number of hydrogen-bond acceptors (Lipinski definition) is 4. The molecule has 0 spiro atoms. The van der Waals surface area contributed by atoms with Gasteiger partial charge in [0.15, 0.2) is 0 Å². The summed E-state index contributed by atoms with van der Waals surface area (Å²) in [6.45, 7) is 0. The van der Waals surface area contributed by atoms with Gasteiger partial charge >= 0.3 is 12.1 Å². The van der Waals surface area contributed by atoms with E-state index >= 15 is 0 Å². The van der Waals surface area contributed by atoms with E-state index in [1.165, 1.54) is 49.7 Å². The van der Waals surface area contributed by atoms with Crippen LogP contribution in [0.25, 0.3) is 0 Å². The SMILES string of the molecule is COc1ccc([C@H]2CC[C@H]3CC[C@H]4CC[C@@H](c5ccc(OC)cc5)N2C34)cc1.O=C(O)C(F)(F)F. The van der Waals surface area contributed by atoms with Gasteiger partial charge in [-0.25, -0.2) is 4.79 Å². The Hall–Kier alpha value is -2.74. The van der Waals surface area contributed by atoms with E-state index in [0.717, 1.165) is 29.4 Å². The molecule has 5 nitrogen and oxygen atoms in total. The second-order valence-electron chi connectivity index (χ2n) is 9.57.